The Morgan fingerprint density at radius 1 is 1.00 bits per heavy atom. The summed E-state index contributed by atoms with van der Waals surface area (Å²) in [7, 11) is 2.11. The van der Waals surface area contributed by atoms with Gasteiger partial charge in [0.05, 0.1) is 12.3 Å². The first-order valence-corrected chi connectivity index (χ1v) is 11.9. The van der Waals surface area contributed by atoms with E-state index < -0.39 is 0 Å². The molecule has 0 aliphatic heterocycles. The summed E-state index contributed by atoms with van der Waals surface area (Å²) in [5, 5.41) is 2.29. The van der Waals surface area contributed by atoms with Crippen LogP contribution in [0.4, 0.5) is 0 Å². The van der Waals surface area contributed by atoms with E-state index in [1.54, 1.807) is 0 Å². The molecule has 4 rings (SSSR count). The highest BCUT2D eigenvalue weighted by atomic mass is 14.9. The Labute approximate surface area is 190 Å². The number of pyridine rings is 1. The summed E-state index contributed by atoms with van der Waals surface area (Å²) in [6.45, 7) is 15.9. The van der Waals surface area contributed by atoms with E-state index >= 15 is 0 Å². The standard InChI is InChI=1S/C30H40N/c1-20-9-11-25(29(3,4)5)19-27(20)28-26-12-10-23(18-24(26)17-21(2)31(28)8)22-13-15-30(6,7)16-14-22/h9-12,17-19,22H,13-16H2,1-8H3/q+1/i17D. The molecule has 0 unspecified atom stereocenters. The van der Waals surface area contributed by atoms with Gasteiger partial charge >= 0.3 is 0 Å². The van der Waals surface area contributed by atoms with Crippen LogP contribution in [0.25, 0.3) is 22.0 Å². The Bertz CT molecular complexity index is 1170. The number of benzene rings is 2. The summed E-state index contributed by atoms with van der Waals surface area (Å²) in [6.07, 6.45) is 5.09. The van der Waals surface area contributed by atoms with E-state index in [1.165, 1.54) is 59.0 Å². The number of hydrogen-bond acceptors (Lipinski definition) is 0. The Morgan fingerprint density at radius 2 is 1.68 bits per heavy atom. The summed E-state index contributed by atoms with van der Waals surface area (Å²) < 4.78 is 11.2. The molecule has 1 nitrogen and oxygen atoms in total. The van der Waals surface area contributed by atoms with Gasteiger partial charge in [-0.15, -0.1) is 0 Å². The third-order valence-corrected chi connectivity index (χ3v) is 7.62. The van der Waals surface area contributed by atoms with Crippen LogP contribution in [-0.2, 0) is 12.5 Å². The third-order valence-electron chi connectivity index (χ3n) is 7.62. The maximum absolute atomic E-state index is 8.94. The maximum atomic E-state index is 8.94. The average Bonchev–Trinajstić information content (AvgIpc) is 2.72. The van der Waals surface area contributed by atoms with Gasteiger partial charge in [-0.1, -0.05) is 58.9 Å². The van der Waals surface area contributed by atoms with E-state index in [4.69, 9.17) is 1.37 Å². The summed E-state index contributed by atoms with van der Waals surface area (Å²) >= 11 is 0. The van der Waals surface area contributed by atoms with E-state index in [2.05, 4.69) is 96.5 Å². The predicted octanol–water partition coefficient (Wildman–Crippen LogP) is 7.93. The van der Waals surface area contributed by atoms with Crippen LogP contribution < -0.4 is 4.57 Å². The molecule has 0 amide bonds. The van der Waals surface area contributed by atoms with Crippen LogP contribution in [0, 0.1) is 19.3 Å². The first-order chi connectivity index (χ1) is 14.9. The predicted molar refractivity (Wildman–Crippen MR) is 134 cm³/mol. The summed E-state index contributed by atoms with van der Waals surface area (Å²) in [5.41, 5.74) is 8.15. The fraction of sp³-hybridized carbons (Fsp3) is 0.500. The average molecular weight is 416 g/mol. The summed E-state index contributed by atoms with van der Waals surface area (Å²) in [5.74, 6) is 0.621. The van der Waals surface area contributed by atoms with E-state index in [1.807, 2.05) is 0 Å². The van der Waals surface area contributed by atoms with Crippen LogP contribution in [0.2, 0.25) is 0 Å². The lowest BCUT2D eigenvalue weighted by molar-refractivity contribution is -0.665. The Kier molecular flexibility index (Phi) is 5.19. The fourth-order valence-electron chi connectivity index (χ4n) is 5.15. The molecule has 0 radical (unpaired) electrons. The molecule has 1 aromatic heterocycles. The molecule has 0 N–H and O–H groups in total. The van der Waals surface area contributed by atoms with Gasteiger partial charge in [-0.05, 0) is 83.6 Å². The molecule has 1 saturated carbocycles. The molecular weight excluding hydrogens is 374 g/mol. The van der Waals surface area contributed by atoms with E-state index in [0.29, 0.717) is 17.4 Å². The van der Waals surface area contributed by atoms with Crippen molar-refractivity contribution in [1.82, 2.24) is 0 Å². The van der Waals surface area contributed by atoms with Crippen molar-refractivity contribution in [3.05, 3.63) is 64.8 Å². The molecule has 1 aliphatic rings. The normalized spacial score (nSPS) is 17.7. The Morgan fingerprint density at radius 3 is 2.32 bits per heavy atom. The molecule has 0 spiro atoms. The quantitative estimate of drug-likeness (QED) is 0.374. The highest BCUT2D eigenvalue weighted by Gasteiger charge is 2.28. The van der Waals surface area contributed by atoms with E-state index in [0.717, 1.165) is 11.1 Å². The van der Waals surface area contributed by atoms with Crippen molar-refractivity contribution >= 4 is 10.8 Å². The highest BCUT2D eigenvalue weighted by molar-refractivity contribution is 5.94. The number of nitrogens with zero attached hydrogens (tertiary/aromatic N) is 1. The molecule has 0 bridgehead atoms. The lowest BCUT2D eigenvalue weighted by atomic mass is 9.71. The highest BCUT2D eigenvalue weighted by Crippen LogP contribution is 2.43. The van der Waals surface area contributed by atoms with Crippen molar-refractivity contribution in [1.29, 1.82) is 0 Å². The van der Waals surface area contributed by atoms with Crippen LogP contribution >= 0.6 is 0 Å². The van der Waals surface area contributed by atoms with E-state index in [-0.39, 0.29) is 5.41 Å². The molecule has 0 atom stereocenters. The van der Waals surface area contributed by atoms with Crippen LogP contribution in [-0.4, -0.2) is 0 Å². The Hall–Kier alpha value is -2.15. The lowest BCUT2D eigenvalue weighted by Gasteiger charge is -2.34. The molecule has 1 heteroatoms. The number of hydrogen-bond donors (Lipinski definition) is 0. The Balaban J connectivity index is 1.90. The first-order valence-electron chi connectivity index (χ1n) is 12.4. The number of aryl methyl sites for hydroxylation is 1. The number of fused-ring (bicyclic) bond motifs is 1. The van der Waals surface area contributed by atoms with Gasteiger partial charge in [0.25, 0.3) is 0 Å². The second-order valence-corrected chi connectivity index (χ2v) is 11.6. The lowest BCUT2D eigenvalue weighted by Crippen LogP contribution is -2.35. The third kappa shape index (κ3) is 4.29. The van der Waals surface area contributed by atoms with Gasteiger partial charge in [0.2, 0.25) is 5.69 Å². The van der Waals surface area contributed by atoms with Gasteiger partial charge < -0.3 is 0 Å². The zero-order valence-electron chi connectivity index (χ0n) is 21.8. The zero-order valence-corrected chi connectivity index (χ0v) is 20.8. The van der Waals surface area contributed by atoms with Gasteiger partial charge in [0.1, 0.15) is 7.05 Å². The largest absolute Gasteiger partial charge is 0.220 e. The van der Waals surface area contributed by atoms with Crippen molar-refractivity contribution in [2.75, 3.05) is 0 Å². The molecular formula is C30H40N+. The minimum Gasteiger partial charge on any atom is -0.198 e. The topological polar surface area (TPSA) is 3.88 Å². The van der Waals surface area contributed by atoms with Crippen molar-refractivity contribution in [3.63, 3.8) is 0 Å². The molecule has 2 aromatic carbocycles. The minimum atomic E-state index is 0.100. The SMILES string of the molecule is [2H]c1c(C)[n+](C)c(-c2cc(C(C)(C)C)ccc2C)c2ccc(C3CCC(C)(C)CC3)cc12. The second-order valence-electron chi connectivity index (χ2n) is 11.6. The van der Waals surface area contributed by atoms with Crippen LogP contribution in [0.1, 0.15) is 90.0 Å². The minimum absolute atomic E-state index is 0.100. The monoisotopic (exact) mass is 415 g/mol. The second kappa shape index (κ2) is 7.76. The fourth-order valence-corrected chi connectivity index (χ4v) is 5.15. The van der Waals surface area contributed by atoms with Crippen LogP contribution in [0.5, 0.6) is 0 Å². The molecule has 1 heterocycles. The summed E-state index contributed by atoms with van der Waals surface area (Å²) in [4.78, 5) is 0. The first kappa shape index (κ1) is 20.7. The maximum Gasteiger partial charge on any atom is 0.220 e. The van der Waals surface area contributed by atoms with Crippen molar-refractivity contribution in [2.24, 2.45) is 12.5 Å². The molecule has 0 saturated heterocycles. The van der Waals surface area contributed by atoms with Gasteiger partial charge in [-0.25, -0.2) is 0 Å². The van der Waals surface area contributed by atoms with Crippen molar-refractivity contribution in [2.45, 2.75) is 85.5 Å². The van der Waals surface area contributed by atoms with Crippen LogP contribution in [0.15, 0.2) is 42.4 Å². The van der Waals surface area contributed by atoms with Gasteiger partial charge in [0, 0.05) is 13.0 Å². The molecule has 164 valence electrons. The molecule has 1 fully saturated rings. The van der Waals surface area contributed by atoms with Crippen LogP contribution in [0.3, 0.4) is 0 Å². The zero-order chi connectivity index (χ0) is 23.4. The van der Waals surface area contributed by atoms with Gasteiger partial charge in [0.15, 0.2) is 5.69 Å². The summed E-state index contributed by atoms with van der Waals surface area (Å²) in [6, 6.07) is 14.5. The van der Waals surface area contributed by atoms with Gasteiger partial charge in [-0.2, -0.15) is 4.57 Å². The van der Waals surface area contributed by atoms with Gasteiger partial charge in [-0.3, -0.25) is 0 Å². The van der Waals surface area contributed by atoms with E-state index in [9.17, 15) is 0 Å². The molecule has 31 heavy (non-hydrogen) atoms. The smallest absolute Gasteiger partial charge is 0.198 e. The van der Waals surface area contributed by atoms with Crippen molar-refractivity contribution in [3.8, 4) is 11.3 Å². The molecule has 1 aliphatic carbocycles. The van der Waals surface area contributed by atoms with Crippen molar-refractivity contribution < 1.29 is 5.94 Å². The number of rotatable bonds is 2. The number of aromatic nitrogens is 1. The molecule has 3 aromatic rings.